The van der Waals surface area contributed by atoms with Gasteiger partial charge >= 0.3 is 0 Å². The van der Waals surface area contributed by atoms with E-state index in [2.05, 4.69) is 5.32 Å². The van der Waals surface area contributed by atoms with Crippen LogP contribution in [-0.4, -0.2) is 11.1 Å². The van der Waals surface area contributed by atoms with Crippen LogP contribution in [0.5, 0.6) is 5.75 Å². The van der Waals surface area contributed by atoms with E-state index >= 15 is 0 Å². The van der Waals surface area contributed by atoms with Gasteiger partial charge in [-0.05, 0) is 41.6 Å². The van der Waals surface area contributed by atoms with Gasteiger partial charge in [-0.1, -0.05) is 41.9 Å². The van der Waals surface area contributed by atoms with Crippen LogP contribution in [0.15, 0.2) is 53.4 Å². The standard InChI is InChI=1S/C17H13ClN2O2S/c18-14-4-2-1-3-12(14)10-22-13-7-5-11(6-8-13)9-15-16(21)20-17(19)23-15/h1-9H,10H2,(H2,19,20,21)/b15-9+. The van der Waals surface area contributed by atoms with E-state index in [1.807, 2.05) is 48.5 Å². The first kappa shape index (κ1) is 15.6. The molecule has 0 atom stereocenters. The lowest BCUT2D eigenvalue weighted by Gasteiger charge is -2.08. The highest BCUT2D eigenvalue weighted by atomic mass is 35.5. The summed E-state index contributed by atoms with van der Waals surface area (Å²) < 4.78 is 5.71. The number of carbonyl (C=O) groups excluding carboxylic acids is 1. The minimum Gasteiger partial charge on any atom is -0.489 e. The van der Waals surface area contributed by atoms with E-state index in [4.69, 9.17) is 21.7 Å². The van der Waals surface area contributed by atoms with Crippen LogP contribution in [0.2, 0.25) is 5.02 Å². The molecule has 6 heteroatoms. The number of amides is 1. The number of hydrogen-bond donors (Lipinski definition) is 2. The highest BCUT2D eigenvalue weighted by molar-refractivity contribution is 8.18. The molecule has 0 aromatic heterocycles. The monoisotopic (exact) mass is 344 g/mol. The number of rotatable bonds is 4. The van der Waals surface area contributed by atoms with E-state index in [9.17, 15) is 4.79 Å². The van der Waals surface area contributed by atoms with Gasteiger partial charge < -0.3 is 10.1 Å². The topological polar surface area (TPSA) is 62.2 Å². The van der Waals surface area contributed by atoms with Crippen LogP contribution >= 0.6 is 23.4 Å². The quantitative estimate of drug-likeness (QED) is 0.822. The van der Waals surface area contributed by atoms with Crippen LogP contribution in [0, 0.1) is 5.41 Å². The summed E-state index contributed by atoms with van der Waals surface area (Å²) in [5.74, 6) is 0.488. The van der Waals surface area contributed by atoms with Crippen molar-refractivity contribution < 1.29 is 9.53 Å². The Morgan fingerprint density at radius 1 is 1.17 bits per heavy atom. The molecule has 3 rings (SSSR count). The lowest BCUT2D eigenvalue weighted by atomic mass is 10.2. The number of benzene rings is 2. The normalized spacial score (nSPS) is 15.8. The summed E-state index contributed by atoms with van der Waals surface area (Å²) in [6.07, 6.45) is 1.75. The zero-order valence-electron chi connectivity index (χ0n) is 12.0. The zero-order valence-corrected chi connectivity index (χ0v) is 13.6. The van der Waals surface area contributed by atoms with Crippen LogP contribution in [0.1, 0.15) is 11.1 Å². The molecule has 0 spiro atoms. The lowest BCUT2D eigenvalue weighted by molar-refractivity contribution is -0.115. The maximum atomic E-state index is 11.6. The Bertz CT molecular complexity index is 787. The van der Waals surface area contributed by atoms with Crippen molar-refractivity contribution in [1.82, 2.24) is 5.32 Å². The molecule has 1 aliphatic heterocycles. The smallest absolute Gasteiger partial charge is 0.264 e. The van der Waals surface area contributed by atoms with Crippen molar-refractivity contribution in [3.05, 3.63) is 69.6 Å². The predicted molar refractivity (Wildman–Crippen MR) is 93.7 cm³/mol. The molecule has 2 aromatic carbocycles. The summed E-state index contributed by atoms with van der Waals surface area (Å²) in [5, 5.41) is 10.7. The van der Waals surface area contributed by atoms with Gasteiger partial charge in [-0.2, -0.15) is 0 Å². The number of ether oxygens (including phenoxy) is 1. The third-order valence-electron chi connectivity index (χ3n) is 3.19. The molecule has 0 bridgehead atoms. The Labute approximate surface area is 143 Å². The van der Waals surface area contributed by atoms with Gasteiger partial charge in [0.25, 0.3) is 5.91 Å². The summed E-state index contributed by atoms with van der Waals surface area (Å²) in [6, 6.07) is 15.0. The van der Waals surface area contributed by atoms with Crippen molar-refractivity contribution in [3.8, 4) is 5.75 Å². The highest BCUT2D eigenvalue weighted by Crippen LogP contribution is 2.26. The van der Waals surface area contributed by atoms with Crippen LogP contribution in [0.4, 0.5) is 0 Å². The Morgan fingerprint density at radius 2 is 1.91 bits per heavy atom. The molecule has 0 unspecified atom stereocenters. The fraction of sp³-hybridized carbons (Fsp3) is 0.0588. The van der Waals surface area contributed by atoms with Gasteiger partial charge in [0.05, 0.1) is 4.91 Å². The van der Waals surface area contributed by atoms with E-state index in [1.165, 1.54) is 0 Å². The fourth-order valence-electron chi connectivity index (χ4n) is 2.03. The zero-order chi connectivity index (χ0) is 16.2. The summed E-state index contributed by atoms with van der Waals surface area (Å²) in [7, 11) is 0. The second-order valence-corrected chi connectivity index (χ2v) is 6.30. The number of hydrogen-bond acceptors (Lipinski definition) is 4. The number of thioether (sulfide) groups is 1. The Morgan fingerprint density at radius 3 is 2.57 bits per heavy atom. The van der Waals surface area contributed by atoms with E-state index in [0.717, 1.165) is 28.6 Å². The van der Waals surface area contributed by atoms with Crippen molar-refractivity contribution in [2.24, 2.45) is 0 Å². The van der Waals surface area contributed by atoms with Crippen molar-refractivity contribution in [1.29, 1.82) is 5.41 Å². The average molecular weight is 345 g/mol. The number of amidine groups is 1. The van der Waals surface area contributed by atoms with Gasteiger partial charge in [0.15, 0.2) is 5.17 Å². The summed E-state index contributed by atoms with van der Waals surface area (Å²) in [4.78, 5) is 12.1. The van der Waals surface area contributed by atoms with Crippen LogP contribution in [0.25, 0.3) is 6.08 Å². The molecule has 1 aliphatic rings. The molecule has 23 heavy (non-hydrogen) atoms. The summed E-state index contributed by atoms with van der Waals surface area (Å²) in [6.45, 7) is 0.398. The minimum atomic E-state index is -0.237. The van der Waals surface area contributed by atoms with Crippen LogP contribution in [-0.2, 0) is 11.4 Å². The molecule has 2 N–H and O–H groups in total. The molecule has 1 amide bonds. The molecule has 0 aliphatic carbocycles. The van der Waals surface area contributed by atoms with E-state index < -0.39 is 0 Å². The van der Waals surface area contributed by atoms with E-state index in [0.29, 0.717) is 16.5 Å². The molecule has 1 heterocycles. The predicted octanol–water partition coefficient (Wildman–Crippen LogP) is 4.06. The SMILES string of the molecule is N=C1NC(=O)/C(=C\c2ccc(OCc3ccccc3Cl)cc2)S1. The average Bonchev–Trinajstić information content (AvgIpc) is 2.85. The van der Waals surface area contributed by atoms with Crippen LogP contribution < -0.4 is 10.1 Å². The fourth-order valence-corrected chi connectivity index (χ4v) is 2.92. The first-order valence-corrected chi connectivity index (χ1v) is 8.07. The van der Waals surface area contributed by atoms with Crippen molar-refractivity contribution in [2.75, 3.05) is 0 Å². The first-order valence-electron chi connectivity index (χ1n) is 6.87. The second-order valence-electron chi connectivity index (χ2n) is 4.84. The van der Waals surface area contributed by atoms with Gasteiger partial charge in [0.1, 0.15) is 12.4 Å². The molecular weight excluding hydrogens is 332 g/mol. The third-order valence-corrected chi connectivity index (χ3v) is 4.39. The maximum Gasteiger partial charge on any atom is 0.264 e. The second kappa shape index (κ2) is 6.89. The highest BCUT2D eigenvalue weighted by Gasteiger charge is 2.21. The third kappa shape index (κ3) is 3.94. The van der Waals surface area contributed by atoms with Crippen LogP contribution in [0.3, 0.4) is 0 Å². The largest absolute Gasteiger partial charge is 0.489 e. The van der Waals surface area contributed by atoms with Crippen molar-refractivity contribution in [2.45, 2.75) is 6.61 Å². The first-order chi connectivity index (χ1) is 11.1. The Balaban J connectivity index is 1.66. The molecule has 1 fully saturated rings. The molecule has 4 nitrogen and oxygen atoms in total. The molecule has 1 saturated heterocycles. The number of halogens is 1. The van der Waals surface area contributed by atoms with Gasteiger partial charge in [0.2, 0.25) is 0 Å². The summed E-state index contributed by atoms with van der Waals surface area (Å²) >= 11 is 7.21. The Kier molecular flexibility index (Phi) is 4.69. The van der Waals surface area contributed by atoms with E-state index in [-0.39, 0.29) is 11.1 Å². The van der Waals surface area contributed by atoms with Gasteiger partial charge in [-0.15, -0.1) is 0 Å². The van der Waals surface area contributed by atoms with E-state index in [1.54, 1.807) is 6.08 Å². The van der Waals surface area contributed by atoms with Gasteiger partial charge in [-0.25, -0.2) is 0 Å². The number of carbonyl (C=O) groups is 1. The van der Waals surface area contributed by atoms with Gasteiger partial charge in [0, 0.05) is 10.6 Å². The van der Waals surface area contributed by atoms with Crippen molar-refractivity contribution in [3.63, 3.8) is 0 Å². The Hall–Kier alpha value is -2.24. The summed E-state index contributed by atoms with van der Waals surface area (Å²) in [5.41, 5.74) is 1.81. The minimum absolute atomic E-state index is 0.154. The molecule has 0 radical (unpaired) electrons. The maximum absolute atomic E-state index is 11.6. The van der Waals surface area contributed by atoms with Gasteiger partial charge in [-0.3, -0.25) is 10.2 Å². The molecule has 116 valence electrons. The number of nitrogens with one attached hydrogen (secondary N) is 2. The molecule has 2 aromatic rings. The van der Waals surface area contributed by atoms with Crippen molar-refractivity contribution >= 4 is 40.5 Å². The molecule has 0 saturated carbocycles. The lowest BCUT2D eigenvalue weighted by Crippen LogP contribution is -2.18. The molecular formula is C17H13ClN2O2S.